The summed E-state index contributed by atoms with van der Waals surface area (Å²) in [6.45, 7) is 4.07. The van der Waals surface area contributed by atoms with Crippen molar-refractivity contribution in [3.63, 3.8) is 0 Å². The van der Waals surface area contributed by atoms with Gasteiger partial charge in [0.15, 0.2) is 5.96 Å². The molecule has 0 bridgehead atoms. The molecule has 0 radical (unpaired) electrons. The van der Waals surface area contributed by atoms with Gasteiger partial charge < -0.3 is 20.1 Å². The van der Waals surface area contributed by atoms with Crippen molar-refractivity contribution in [2.75, 3.05) is 27.7 Å². The number of rotatable bonds is 8. The second-order valence-electron chi connectivity index (χ2n) is 7.11. The Labute approximate surface area is 172 Å². The zero-order valence-electron chi connectivity index (χ0n) is 17.7. The number of unbranched alkanes of at least 4 members (excludes halogenated alkanes) is 1. The monoisotopic (exact) mass is 397 g/mol. The molecule has 2 N–H and O–H groups in total. The van der Waals surface area contributed by atoms with Crippen molar-refractivity contribution in [2.45, 2.75) is 32.9 Å². The van der Waals surface area contributed by atoms with Crippen LogP contribution in [0.2, 0.25) is 0 Å². The molecule has 1 heterocycles. The summed E-state index contributed by atoms with van der Waals surface area (Å²) in [5.41, 5.74) is 2.78. The van der Waals surface area contributed by atoms with Crippen LogP contribution in [0.25, 0.3) is 0 Å². The quantitative estimate of drug-likeness (QED) is 0.406. The molecular weight excluding hydrogens is 366 g/mol. The molecule has 0 aliphatic carbocycles. The summed E-state index contributed by atoms with van der Waals surface area (Å²) in [5, 5.41) is 6.56. The van der Waals surface area contributed by atoms with E-state index in [1.54, 1.807) is 42.7 Å². The molecule has 0 saturated carbocycles. The number of carbonyl (C=O) groups is 1. The highest BCUT2D eigenvalue weighted by molar-refractivity contribution is 5.93. The zero-order chi connectivity index (χ0) is 21.2. The van der Waals surface area contributed by atoms with E-state index in [2.05, 4.69) is 15.6 Å². The van der Waals surface area contributed by atoms with Crippen LogP contribution in [0, 0.1) is 6.92 Å². The Morgan fingerprint density at radius 2 is 1.79 bits per heavy atom. The second kappa shape index (κ2) is 11.0. The van der Waals surface area contributed by atoms with Gasteiger partial charge in [-0.2, -0.15) is 0 Å². The molecule has 0 unspecified atom stereocenters. The Hall–Kier alpha value is -3.09. The van der Waals surface area contributed by atoms with E-state index in [-0.39, 0.29) is 11.5 Å². The summed E-state index contributed by atoms with van der Waals surface area (Å²) in [6.07, 6.45) is 1.85. The Morgan fingerprint density at radius 1 is 1.07 bits per heavy atom. The van der Waals surface area contributed by atoms with E-state index < -0.39 is 0 Å². The fourth-order valence-electron chi connectivity index (χ4n) is 2.94. The summed E-state index contributed by atoms with van der Waals surface area (Å²) in [7, 11) is 5.22. The lowest BCUT2D eigenvalue weighted by Crippen LogP contribution is -2.37. The standard InChI is InChI=1S/C22H31N5O2/c1-17-8-7-9-20(28)27(17)15-6-5-14-24-22(23-2)25-16-18-10-12-19(13-11-18)21(29)26(3)4/h7-13H,5-6,14-16H2,1-4H3,(H2,23,24,25). The number of guanidine groups is 1. The Bertz CT molecular complexity index is 885. The largest absolute Gasteiger partial charge is 0.356 e. The van der Waals surface area contributed by atoms with Gasteiger partial charge in [0.05, 0.1) is 0 Å². The molecule has 0 aliphatic heterocycles. The van der Waals surface area contributed by atoms with Gasteiger partial charge in [0.25, 0.3) is 11.5 Å². The molecule has 0 aliphatic rings. The minimum Gasteiger partial charge on any atom is -0.356 e. The normalized spacial score (nSPS) is 11.2. The first-order chi connectivity index (χ1) is 13.9. The zero-order valence-corrected chi connectivity index (χ0v) is 17.7. The van der Waals surface area contributed by atoms with Crippen LogP contribution >= 0.6 is 0 Å². The van der Waals surface area contributed by atoms with E-state index in [1.807, 2.05) is 37.3 Å². The Morgan fingerprint density at radius 3 is 2.41 bits per heavy atom. The first-order valence-corrected chi connectivity index (χ1v) is 9.84. The number of pyridine rings is 1. The van der Waals surface area contributed by atoms with Crippen molar-refractivity contribution in [3.8, 4) is 0 Å². The van der Waals surface area contributed by atoms with E-state index in [1.165, 1.54) is 0 Å². The average molecular weight is 398 g/mol. The van der Waals surface area contributed by atoms with Crippen LogP contribution in [0.3, 0.4) is 0 Å². The molecule has 1 aromatic carbocycles. The lowest BCUT2D eigenvalue weighted by atomic mass is 10.1. The van der Waals surface area contributed by atoms with Crippen molar-refractivity contribution in [3.05, 3.63) is 69.6 Å². The third-order valence-electron chi connectivity index (χ3n) is 4.66. The van der Waals surface area contributed by atoms with Gasteiger partial charge in [-0.15, -0.1) is 0 Å². The number of hydrogen-bond acceptors (Lipinski definition) is 3. The molecule has 0 saturated heterocycles. The molecule has 1 amide bonds. The molecule has 1 aromatic heterocycles. The Balaban J connectivity index is 1.73. The van der Waals surface area contributed by atoms with Crippen LogP contribution in [0.15, 0.2) is 52.3 Å². The molecule has 0 spiro atoms. The minimum atomic E-state index is -0.00468. The summed E-state index contributed by atoms with van der Waals surface area (Å²) in [6, 6.07) is 12.9. The number of amides is 1. The maximum Gasteiger partial charge on any atom is 0.253 e. The molecule has 2 rings (SSSR count). The number of aryl methyl sites for hydroxylation is 1. The van der Waals surface area contributed by atoms with Crippen molar-refractivity contribution >= 4 is 11.9 Å². The van der Waals surface area contributed by atoms with E-state index >= 15 is 0 Å². The van der Waals surface area contributed by atoms with Crippen molar-refractivity contribution < 1.29 is 4.79 Å². The van der Waals surface area contributed by atoms with Gasteiger partial charge >= 0.3 is 0 Å². The van der Waals surface area contributed by atoms with E-state index in [0.29, 0.717) is 12.1 Å². The molecule has 156 valence electrons. The number of aliphatic imine (C=N–C) groups is 1. The maximum atomic E-state index is 11.9. The van der Waals surface area contributed by atoms with Gasteiger partial charge in [-0.1, -0.05) is 18.2 Å². The van der Waals surface area contributed by atoms with Crippen LogP contribution in [0.1, 0.15) is 34.5 Å². The number of benzene rings is 1. The van der Waals surface area contributed by atoms with Gasteiger partial charge in [-0.3, -0.25) is 14.6 Å². The summed E-state index contributed by atoms with van der Waals surface area (Å²) in [4.78, 5) is 29.6. The molecule has 0 atom stereocenters. The van der Waals surface area contributed by atoms with E-state index in [4.69, 9.17) is 0 Å². The van der Waals surface area contributed by atoms with Gasteiger partial charge in [-0.05, 0) is 43.5 Å². The fourth-order valence-corrected chi connectivity index (χ4v) is 2.94. The van der Waals surface area contributed by atoms with Gasteiger partial charge in [0.1, 0.15) is 0 Å². The smallest absolute Gasteiger partial charge is 0.253 e. The highest BCUT2D eigenvalue weighted by Crippen LogP contribution is 2.06. The molecular formula is C22H31N5O2. The lowest BCUT2D eigenvalue weighted by Gasteiger charge is -2.13. The molecule has 0 fully saturated rings. The van der Waals surface area contributed by atoms with Crippen LogP contribution in [0.5, 0.6) is 0 Å². The van der Waals surface area contributed by atoms with Gasteiger partial charge in [-0.25, -0.2) is 0 Å². The van der Waals surface area contributed by atoms with Crippen molar-refractivity contribution in [1.82, 2.24) is 20.1 Å². The Kier molecular flexibility index (Phi) is 8.45. The SMILES string of the molecule is CN=C(NCCCCn1c(C)cccc1=O)NCc1ccc(C(=O)N(C)C)cc1. The highest BCUT2D eigenvalue weighted by Gasteiger charge is 2.07. The number of aromatic nitrogens is 1. The highest BCUT2D eigenvalue weighted by atomic mass is 16.2. The number of hydrogen-bond donors (Lipinski definition) is 2. The topological polar surface area (TPSA) is 78.7 Å². The van der Waals surface area contributed by atoms with Gasteiger partial charge in [0, 0.05) is 58.1 Å². The minimum absolute atomic E-state index is 0.00468. The number of nitrogens with one attached hydrogen (secondary N) is 2. The van der Waals surface area contributed by atoms with E-state index in [9.17, 15) is 9.59 Å². The van der Waals surface area contributed by atoms with Crippen molar-refractivity contribution in [2.24, 2.45) is 4.99 Å². The van der Waals surface area contributed by atoms with Gasteiger partial charge in [0.2, 0.25) is 0 Å². The third kappa shape index (κ3) is 6.78. The first-order valence-electron chi connectivity index (χ1n) is 9.84. The molecule has 2 aromatic rings. The second-order valence-corrected chi connectivity index (χ2v) is 7.11. The maximum absolute atomic E-state index is 11.9. The molecule has 29 heavy (non-hydrogen) atoms. The average Bonchev–Trinajstić information content (AvgIpc) is 2.71. The fraction of sp³-hybridized carbons (Fsp3) is 0.409. The van der Waals surface area contributed by atoms with Crippen LogP contribution in [0.4, 0.5) is 0 Å². The van der Waals surface area contributed by atoms with E-state index in [0.717, 1.165) is 43.1 Å². The summed E-state index contributed by atoms with van der Waals surface area (Å²) < 4.78 is 1.80. The predicted octanol–water partition coefficient (Wildman–Crippen LogP) is 2.00. The number of nitrogens with zero attached hydrogens (tertiary/aromatic N) is 3. The van der Waals surface area contributed by atoms with Crippen LogP contribution < -0.4 is 16.2 Å². The molecule has 7 heteroatoms. The van der Waals surface area contributed by atoms with Crippen LogP contribution in [-0.4, -0.2) is 49.0 Å². The summed E-state index contributed by atoms with van der Waals surface area (Å²) in [5.74, 6) is 0.724. The van der Waals surface area contributed by atoms with Crippen LogP contribution in [-0.2, 0) is 13.1 Å². The lowest BCUT2D eigenvalue weighted by molar-refractivity contribution is 0.0827. The summed E-state index contributed by atoms with van der Waals surface area (Å²) >= 11 is 0. The first kappa shape index (κ1) is 22.2. The third-order valence-corrected chi connectivity index (χ3v) is 4.66. The number of carbonyl (C=O) groups excluding carboxylic acids is 1. The van der Waals surface area contributed by atoms with Crippen molar-refractivity contribution in [1.29, 1.82) is 0 Å². The molecule has 7 nitrogen and oxygen atoms in total. The predicted molar refractivity (Wildman–Crippen MR) is 117 cm³/mol.